The van der Waals surface area contributed by atoms with Crippen LogP contribution in [0.2, 0.25) is 5.02 Å². The summed E-state index contributed by atoms with van der Waals surface area (Å²) in [5.74, 6) is -5.49. The molecule has 1 rings (SSSR count). The van der Waals surface area contributed by atoms with Crippen LogP contribution in [0.25, 0.3) is 0 Å². The number of alkyl halides is 2. The fourth-order valence-electron chi connectivity index (χ4n) is 1.60. The third kappa shape index (κ3) is 3.37. The van der Waals surface area contributed by atoms with E-state index in [1.165, 1.54) is 19.1 Å². The highest BCUT2D eigenvalue weighted by atomic mass is 35.5. The summed E-state index contributed by atoms with van der Waals surface area (Å²) in [5, 5.41) is 0.0765. The van der Waals surface area contributed by atoms with Gasteiger partial charge in [0.15, 0.2) is 0 Å². The van der Waals surface area contributed by atoms with Crippen LogP contribution < -0.4 is 10.6 Å². The number of esters is 1. The molecule has 0 heterocycles. The van der Waals surface area contributed by atoms with Gasteiger partial charge in [-0.05, 0) is 24.6 Å². The number of nitrogens with two attached hydrogens (primary N) is 1. The second-order valence-corrected chi connectivity index (χ2v) is 4.83. The number of anilines is 1. The molecule has 1 aromatic rings. The summed E-state index contributed by atoms with van der Waals surface area (Å²) in [6.07, 6.45) is 0. The Morgan fingerprint density at radius 3 is 2.55 bits per heavy atom. The van der Waals surface area contributed by atoms with Gasteiger partial charge < -0.3 is 15.4 Å². The van der Waals surface area contributed by atoms with Gasteiger partial charge in [-0.3, -0.25) is 0 Å². The Labute approximate surface area is 121 Å². The number of hydrogen-bond donors (Lipinski definition) is 1. The number of ether oxygens (including phenoxy) is 1. The van der Waals surface area contributed by atoms with Gasteiger partial charge >= 0.3 is 11.9 Å². The zero-order chi connectivity index (χ0) is 15.5. The molecule has 4 nitrogen and oxygen atoms in total. The van der Waals surface area contributed by atoms with Crippen LogP contribution in [-0.4, -0.2) is 32.6 Å². The molecule has 0 unspecified atom stereocenters. The lowest BCUT2D eigenvalue weighted by Crippen LogP contribution is -2.41. The zero-order valence-electron chi connectivity index (χ0n) is 11.5. The molecule has 20 heavy (non-hydrogen) atoms. The number of rotatable bonds is 5. The van der Waals surface area contributed by atoms with Crippen LogP contribution in [0.3, 0.4) is 0 Å². The molecule has 0 radical (unpaired) electrons. The van der Waals surface area contributed by atoms with Crippen molar-refractivity contribution in [3.63, 3.8) is 0 Å². The van der Waals surface area contributed by atoms with Crippen molar-refractivity contribution in [3.05, 3.63) is 28.8 Å². The highest BCUT2D eigenvalue weighted by Crippen LogP contribution is 2.35. The van der Waals surface area contributed by atoms with E-state index in [9.17, 15) is 13.6 Å². The lowest BCUT2D eigenvalue weighted by molar-refractivity contribution is -0.174. The Morgan fingerprint density at radius 1 is 1.50 bits per heavy atom. The molecule has 2 N–H and O–H groups in total. The van der Waals surface area contributed by atoms with Crippen molar-refractivity contribution in [3.8, 4) is 0 Å². The SMILES string of the molecule is CCOC(=O)C(F)(F)[C@@H](N)c1ccc(N(C)C)cc1Cl. The molecular weight excluding hydrogens is 290 g/mol. The molecule has 112 valence electrons. The van der Waals surface area contributed by atoms with Gasteiger partial charge in [-0.1, -0.05) is 17.7 Å². The molecule has 0 aliphatic carbocycles. The van der Waals surface area contributed by atoms with Gasteiger partial charge in [0.05, 0.1) is 6.61 Å². The van der Waals surface area contributed by atoms with Crippen LogP contribution >= 0.6 is 11.6 Å². The minimum absolute atomic E-state index is 0.00433. The summed E-state index contributed by atoms with van der Waals surface area (Å²) in [6.45, 7) is 1.30. The second kappa shape index (κ2) is 6.37. The molecule has 0 fully saturated rings. The van der Waals surface area contributed by atoms with Gasteiger partial charge in [-0.15, -0.1) is 0 Å². The molecule has 0 aromatic heterocycles. The fraction of sp³-hybridized carbons (Fsp3) is 0.462. The molecule has 0 saturated heterocycles. The molecule has 1 atom stereocenters. The van der Waals surface area contributed by atoms with E-state index in [1.54, 1.807) is 25.1 Å². The highest BCUT2D eigenvalue weighted by molar-refractivity contribution is 6.31. The van der Waals surface area contributed by atoms with Gasteiger partial charge in [0.2, 0.25) is 0 Å². The smallest absolute Gasteiger partial charge is 0.379 e. The van der Waals surface area contributed by atoms with Gasteiger partial charge in [-0.2, -0.15) is 8.78 Å². The molecule has 0 saturated carbocycles. The van der Waals surface area contributed by atoms with Gasteiger partial charge in [0, 0.05) is 24.8 Å². The monoisotopic (exact) mass is 306 g/mol. The number of nitrogens with zero attached hydrogens (tertiary/aromatic N) is 1. The maximum atomic E-state index is 13.9. The topological polar surface area (TPSA) is 55.6 Å². The predicted octanol–water partition coefficient (Wildman–Crippen LogP) is 2.60. The van der Waals surface area contributed by atoms with Crippen molar-refractivity contribution >= 4 is 23.3 Å². The van der Waals surface area contributed by atoms with E-state index in [1.807, 2.05) is 0 Å². The van der Waals surface area contributed by atoms with Crippen LogP contribution in [0.15, 0.2) is 18.2 Å². The Balaban J connectivity index is 3.08. The number of hydrogen-bond acceptors (Lipinski definition) is 4. The lowest BCUT2D eigenvalue weighted by atomic mass is 10.0. The zero-order valence-corrected chi connectivity index (χ0v) is 12.2. The van der Waals surface area contributed by atoms with Crippen molar-refractivity contribution in [2.24, 2.45) is 5.73 Å². The van der Waals surface area contributed by atoms with E-state index in [0.29, 0.717) is 0 Å². The Bertz CT molecular complexity index is 495. The average molecular weight is 307 g/mol. The van der Waals surface area contributed by atoms with Gasteiger partial charge in [0.1, 0.15) is 6.04 Å². The first kappa shape index (κ1) is 16.7. The summed E-state index contributed by atoms with van der Waals surface area (Å²) in [5.41, 5.74) is 6.22. The van der Waals surface area contributed by atoms with Crippen molar-refractivity contribution in [2.45, 2.75) is 18.9 Å². The standard InChI is InChI=1S/C13H17ClF2N2O2/c1-4-20-12(19)13(15,16)11(17)9-6-5-8(18(2)3)7-10(9)14/h5-7,11H,4,17H2,1-3H3/t11-/m0/s1. The van der Waals surface area contributed by atoms with Gasteiger partial charge in [0.25, 0.3) is 0 Å². The number of halogens is 3. The van der Waals surface area contributed by atoms with E-state index in [4.69, 9.17) is 17.3 Å². The highest BCUT2D eigenvalue weighted by Gasteiger charge is 2.48. The quantitative estimate of drug-likeness (QED) is 0.850. The van der Waals surface area contributed by atoms with Crippen LogP contribution in [0.1, 0.15) is 18.5 Å². The maximum Gasteiger partial charge on any atom is 0.379 e. The van der Waals surface area contributed by atoms with Crippen LogP contribution in [0, 0.1) is 0 Å². The summed E-state index contributed by atoms with van der Waals surface area (Å²) < 4.78 is 32.0. The Morgan fingerprint density at radius 2 is 2.10 bits per heavy atom. The van der Waals surface area contributed by atoms with E-state index < -0.39 is 17.9 Å². The summed E-state index contributed by atoms with van der Waals surface area (Å²) >= 11 is 5.96. The fourth-order valence-corrected chi connectivity index (χ4v) is 1.89. The van der Waals surface area contributed by atoms with Crippen LogP contribution in [0.5, 0.6) is 0 Å². The summed E-state index contributed by atoms with van der Waals surface area (Å²) in [6, 6.07) is 2.64. The molecule has 0 aliphatic rings. The predicted molar refractivity (Wildman–Crippen MR) is 74.3 cm³/mol. The number of carbonyl (C=O) groups excluding carboxylic acids is 1. The molecule has 1 aromatic carbocycles. The normalized spacial score (nSPS) is 12.9. The van der Waals surface area contributed by atoms with Crippen molar-refractivity contribution in [1.29, 1.82) is 0 Å². The molecule has 7 heteroatoms. The largest absolute Gasteiger partial charge is 0.462 e. The van der Waals surface area contributed by atoms with E-state index in [0.717, 1.165) is 5.69 Å². The average Bonchev–Trinajstić information content (AvgIpc) is 2.37. The molecule has 0 bridgehead atoms. The maximum absolute atomic E-state index is 13.9. The third-order valence-electron chi connectivity index (χ3n) is 2.77. The first-order valence-corrected chi connectivity index (χ1v) is 6.37. The summed E-state index contributed by atoms with van der Waals surface area (Å²) in [4.78, 5) is 13.0. The Kier molecular flexibility index (Phi) is 5.30. The van der Waals surface area contributed by atoms with Gasteiger partial charge in [-0.25, -0.2) is 4.79 Å². The van der Waals surface area contributed by atoms with Crippen molar-refractivity contribution in [1.82, 2.24) is 0 Å². The van der Waals surface area contributed by atoms with Crippen molar-refractivity contribution in [2.75, 3.05) is 25.6 Å². The minimum Gasteiger partial charge on any atom is -0.462 e. The summed E-state index contributed by atoms with van der Waals surface area (Å²) in [7, 11) is 3.58. The van der Waals surface area contributed by atoms with Crippen LogP contribution in [-0.2, 0) is 9.53 Å². The second-order valence-electron chi connectivity index (χ2n) is 4.42. The minimum atomic E-state index is -3.83. The van der Waals surface area contributed by atoms with Crippen molar-refractivity contribution < 1.29 is 18.3 Å². The Hall–Kier alpha value is -1.40. The number of benzene rings is 1. The third-order valence-corrected chi connectivity index (χ3v) is 3.10. The van der Waals surface area contributed by atoms with E-state index in [-0.39, 0.29) is 17.2 Å². The van der Waals surface area contributed by atoms with E-state index in [2.05, 4.69) is 4.74 Å². The molecule has 0 amide bonds. The molecule has 0 spiro atoms. The molecular formula is C13H17ClF2N2O2. The lowest BCUT2D eigenvalue weighted by Gasteiger charge is -2.23. The van der Waals surface area contributed by atoms with Crippen LogP contribution in [0.4, 0.5) is 14.5 Å². The number of carbonyl (C=O) groups is 1. The van der Waals surface area contributed by atoms with E-state index >= 15 is 0 Å². The molecule has 0 aliphatic heterocycles. The first-order chi connectivity index (χ1) is 9.21. The first-order valence-electron chi connectivity index (χ1n) is 5.99.